The van der Waals surface area contributed by atoms with Gasteiger partial charge in [0.05, 0.1) is 11.5 Å². The molecule has 9 heteroatoms. The number of alkyl halides is 3. The number of nitrogens with one attached hydrogen (secondary N) is 1. The molecule has 1 aliphatic heterocycles. The number of anilines is 1. The summed E-state index contributed by atoms with van der Waals surface area (Å²) in [6.45, 7) is 0.924. The molecule has 0 spiro atoms. The van der Waals surface area contributed by atoms with Crippen LogP contribution in [0.15, 0.2) is 24.3 Å². The minimum absolute atomic E-state index is 0.0570. The molecule has 1 saturated heterocycles. The minimum Gasteiger partial charge on any atom is -0.325 e. The highest BCUT2D eigenvalue weighted by molar-refractivity contribution is 5.92. The standard InChI is InChI=1S/C15H18F3N3O3/c16-15(17,18)9-11-4-6-20(7-5-11)10-14(22)19-12-2-1-3-13(8-12)21(23)24/h1-3,8,11H,4-7,9-10H2,(H,19,22). The number of nitrogens with zero attached hydrogens (tertiary/aromatic N) is 2. The third-order valence-corrected chi connectivity index (χ3v) is 3.94. The lowest BCUT2D eigenvalue weighted by Crippen LogP contribution is -2.40. The van der Waals surface area contributed by atoms with Crippen molar-refractivity contribution < 1.29 is 22.9 Å². The van der Waals surface area contributed by atoms with Gasteiger partial charge in [-0.05, 0) is 37.9 Å². The summed E-state index contributed by atoms with van der Waals surface area (Å²) in [5.74, 6) is -0.731. The van der Waals surface area contributed by atoms with Gasteiger partial charge in [0.1, 0.15) is 0 Å². The third-order valence-electron chi connectivity index (χ3n) is 3.94. The van der Waals surface area contributed by atoms with E-state index in [-0.39, 0.29) is 24.1 Å². The maximum Gasteiger partial charge on any atom is 0.389 e. The number of non-ortho nitro benzene ring substituents is 1. The highest BCUT2D eigenvalue weighted by atomic mass is 19.4. The van der Waals surface area contributed by atoms with Crippen molar-refractivity contribution in [1.82, 2.24) is 4.90 Å². The van der Waals surface area contributed by atoms with Crippen LogP contribution in [0, 0.1) is 16.0 Å². The molecular weight excluding hydrogens is 327 g/mol. The maximum absolute atomic E-state index is 12.4. The van der Waals surface area contributed by atoms with Crippen molar-refractivity contribution >= 4 is 17.3 Å². The molecule has 6 nitrogen and oxygen atoms in total. The Morgan fingerprint density at radius 2 is 2.00 bits per heavy atom. The number of hydrogen-bond donors (Lipinski definition) is 1. The summed E-state index contributed by atoms with van der Waals surface area (Å²) in [7, 11) is 0. The summed E-state index contributed by atoms with van der Waals surface area (Å²) in [4.78, 5) is 23.9. The van der Waals surface area contributed by atoms with E-state index in [0.29, 0.717) is 31.6 Å². The topological polar surface area (TPSA) is 75.5 Å². The zero-order valence-electron chi connectivity index (χ0n) is 12.9. The van der Waals surface area contributed by atoms with E-state index in [1.54, 1.807) is 11.0 Å². The van der Waals surface area contributed by atoms with Crippen molar-refractivity contribution in [2.75, 3.05) is 25.0 Å². The van der Waals surface area contributed by atoms with Gasteiger partial charge in [0.25, 0.3) is 5.69 Å². The van der Waals surface area contributed by atoms with Crippen LogP contribution >= 0.6 is 0 Å². The van der Waals surface area contributed by atoms with Gasteiger partial charge in [0, 0.05) is 24.2 Å². The molecule has 24 heavy (non-hydrogen) atoms. The fourth-order valence-electron chi connectivity index (χ4n) is 2.78. The molecule has 1 fully saturated rings. The van der Waals surface area contributed by atoms with Gasteiger partial charge in [0.15, 0.2) is 0 Å². The maximum atomic E-state index is 12.4. The quantitative estimate of drug-likeness (QED) is 0.657. The second-order valence-electron chi connectivity index (χ2n) is 5.89. The van der Waals surface area contributed by atoms with Gasteiger partial charge in [-0.1, -0.05) is 6.07 Å². The number of nitro benzene ring substituents is 1. The molecule has 2 rings (SSSR count). The molecule has 0 atom stereocenters. The molecule has 0 bridgehead atoms. The SMILES string of the molecule is O=C(CN1CCC(CC(F)(F)F)CC1)Nc1cccc([N+](=O)[O-])c1. The third kappa shape index (κ3) is 5.80. The summed E-state index contributed by atoms with van der Waals surface area (Å²) in [5.41, 5.74) is 0.196. The number of rotatable bonds is 5. The normalized spacial score (nSPS) is 16.8. The highest BCUT2D eigenvalue weighted by Gasteiger charge is 2.33. The van der Waals surface area contributed by atoms with Crippen LogP contribution in [0.25, 0.3) is 0 Å². The van der Waals surface area contributed by atoms with Crippen LogP contribution in [0.1, 0.15) is 19.3 Å². The number of carbonyl (C=O) groups is 1. The lowest BCUT2D eigenvalue weighted by Gasteiger charge is -2.31. The molecule has 0 aromatic heterocycles. The van der Waals surface area contributed by atoms with Crippen molar-refractivity contribution in [2.24, 2.45) is 5.92 Å². The molecule has 1 amide bonds. The molecule has 132 valence electrons. The Balaban J connectivity index is 1.80. The zero-order valence-corrected chi connectivity index (χ0v) is 12.9. The number of hydrogen-bond acceptors (Lipinski definition) is 4. The van der Waals surface area contributed by atoms with Crippen molar-refractivity contribution in [3.63, 3.8) is 0 Å². The number of amides is 1. The Morgan fingerprint density at radius 3 is 2.58 bits per heavy atom. The second-order valence-corrected chi connectivity index (χ2v) is 5.89. The lowest BCUT2D eigenvalue weighted by molar-refractivity contribution is -0.384. The first-order valence-corrected chi connectivity index (χ1v) is 7.56. The van der Waals surface area contributed by atoms with E-state index >= 15 is 0 Å². The van der Waals surface area contributed by atoms with E-state index in [0.717, 1.165) is 0 Å². The van der Waals surface area contributed by atoms with Crippen LogP contribution in [0.5, 0.6) is 0 Å². The molecule has 0 radical (unpaired) electrons. The first-order valence-electron chi connectivity index (χ1n) is 7.56. The largest absolute Gasteiger partial charge is 0.389 e. The predicted molar refractivity (Wildman–Crippen MR) is 81.6 cm³/mol. The van der Waals surface area contributed by atoms with Crippen LogP contribution in [-0.4, -0.2) is 41.5 Å². The summed E-state index contributed by atoms with van der Waals surface area (Å²) in [6.07, 6.45) is -4.11. The summed E-state index contributed by atoms with van der Waals surface area (Å²) in [5, 5.41) is 13.3. The van der Waals surface area contributed by atoms with Crippen LogP contribution in [0.3, 0.4) is 0 Å². The molecule has 0 unspecified atom stereocenters. The van der Waals surface area contributed by atoms with Crippen LogP contribution in [0.2, 0.25) is 0 Å². The summed E-state index contributed by atoms with van der Waals surface area (Å²) >= 11 is 0. The molecule has 0 aliphatic carbocycles. The Labute approximate surface area is 136 Å². The van der Waals surface area contributed by atoms with Crippen molar-refractivity contribution in [3.8, 4) is 0 Å². The van der Waals surface area contributed by atoms with Gasteiger partial charge in [-0.25, -0.2) is 0 Å². The Morgan fingerprint density at radius 1 is 1.33 bits per heavy atom. The average Bonchev–Trinajstić information content (AvgIpc) is 2.48. The number of likely N-dealkylation sites (tertiary alicyclic amines) is 1. The van der Waals surface area contributed by atoms with Crippen molar-refractivity contribution in [3.05, 3.63) is 34.4 Å². The number of piperidine rings is 1. The van der Waals surface area contributed by atoms with Gasteiger partial charge >= 0.3 is 6.18 Å². The Kier molecular flexibility index (Phi) is 5.76. The van der Waals surface area contributed by atoms with Gasteiger partial charge in [-0.3, -0.25) is 19.8 Å². The molecule has 1 aromatic carbocycles. The van der Waals surface area contributed by atoms with Gasteiger partial charge in [-0.15, -0.1) is 0 Å². The van der Waals surface area contributed by atoms with Crippen LogP contribution in [0.4, 0.5) is 24.5 Å². The Bertz CT molecular complexity index is 599. The number of halogens is 3. The lowest BCUT2D eigenvalue weighted by atomic mass is 9.93. The average molecular weight is 345 g/mol. The van der Waals surface area contributed by atoms with Gasteiger partial charge in [0.2, 0.25) is 5.91 Å². The fraction of sp³-hybridized carbons (Fsp3) is 0.533. The summed E-state index contributed by atoms with van der Waals surface area (Å²) < 4.78 is 37.1. The summed E-state index contributed by atoms with van der Waals surface area (Å²) in [6, 6.07) is 5.59. The number of benzene rings is 1. The van der Waals surface area contributed by atoms with Gasteiger partial charge < -0.3 is 5.32 Å². The molecule has 0 saturated carbocycles. The highest BCUT2D eigenvalue weighted by Crippen LogP contribution is 2.30. The van der Waals surface area contributed by atoms with E-state index in [2.05, 4.69) is 5.32 Å². The first-order chi connectivity index (χ1) is 11.2. The minimum atomic E-state index is -4.15. The van der Waals surface area contributed by atoms with E-state index in [4.69, 9.17) is 0 Å². The van der Waals surface area contributed by atoms with Gasteiger partial charge in [-0.2, -0.15) is 13.2 Å². The van der Waals surface area contributed by atoms with E-state index in [9.17, 15) is 28.1 Å². The fourth-order valence-corrected chi connectivity index (χ4v) is 2.78. The van der Waals surface area contributed by atoms with E-state index in [1.807, 2.05) is 0 Å². The molecular formula is C15H18F3N3O3. The number of carbonyl (C=O) groups excluding carboxylic acids is 1. The molecule has 1 aromatic rings. The first kappa shape index (κ1) is 18.2. The molecule has 1 heterocycles. The smallest absolute Gasteiger partial charge is 0.325 e. The monoisotopic (exact) mass is 345 g/mol. The Hall–Kier alpha value is -2.16. The van der Waals surface area contributed by atoms with Crippen molar-refractivity contribution in [2.45, 2.75) is 25.4 Å². The predicted octanol–water partition coefficient (Wildman–Crippen LogP) is 3.20. The molecule has 1 aliphatic rings. The van der Waals surface area contributed by atoms with Crippen LogP contribution < -0.4 is 5.32 Å². The van der Waals surface area contributed by atoms with Crippen molar-refractivity contribution in [1.29, 1.82) is 0 Å². The van der Waals surface area contributed by atoms with E-state index in [1.165, 1.54) is 18.2 Å². The van der Waals surface area contributed by atoms with E-state index < -0.39 is 17.5 Å². The zero-order chi connectivity index (χ0) is 17.7. The number of nitro groups is 1. The molecule has 1 N–H and O–H groups in total. The van der Waals surface area contributed by atoms with Crippen LogP contribution in [-0.2, 0) is 4.79 Å². The second kappa shape index (κ2) is 7.61.